The second-order valence-electron chi connectivity index (χ2n) is 14.5. The van der Waals surface area contributed by atoms with E-state index >= 15 is 0 Å². The number of aromatic nitrogens is 2. The summed E-state index contributed by atoms with van der Waals surface area (Å²) in [6, 6.07) is 69.0. The number of hydrogen-bond acceptors (Lipinski definition) is 0. The van der Waals surface area contributed by atoms with E-state index in [4.69, 9.17) is 0 Å². The highest BCUT2D eigenvalue weighted by Crippen LogP contribution is 2.53. The molecule has 0 amide bonds. The summed E-state index contributed by atoms with van der Waals surface area (Å²) >= 11 is 0. The van der Waals surface area contributed by atoms with Crippen LogP contribution < -0.4 is 0 Å². The van der Waals surface area contributed by atoms with Crippen LogP contribution in [0, 0.1) is 0 Å². The van der Waals surface area contributed by atoms with Crippen LogP contribution in [0.1, 0.15) is 0 Å². The fourth-order valence-corrected chi connectivity index (χ4v) is 9.37. The molecule has 0 radical (unpaired) electrons. The molecule has 0 saturated carbocycles. The number of para-hydroxylation sites is 2. The SMILES string of the molecule is c1ccc2c(c1)-c1c(c3ccccc3c3ccccc13)-c1cccc3c1c-2cn3-c1ccc(-c2ccc(-n3c4ccccc4c4ccccc43)cc2)cc1. The van der Waals surface area contributed by atoms with Crippen molar-refractivity contribution in [3.63, 3.8) is 0 Å². The highest BCUT2D eigenvalue weighted by molar-refractivity contribution is 6.27. The maximum Gasteiger partial charge on any atom is 0.0541 e. The Labute approximate surface area is 312 Å². The molecule has 1 aliphatic carbocycles. The molecule has 0 spiro atoms. The molecule has 0 bridgehead atoms. The standard InChI is InChI=1S/C52H32N2/c1-4-17-42-37(12-1)38-13-2-5-18-43(38)52-45-20-11-23-49-50(45)46(39-14-3-6-19-44(39)51(42)52)32-53(49)35-28-24-33(25-29-35)34-26-30-36(31-27-34)54-47-21-9-7-15-40(47)41-16-8-10-22-48(41)54/h1-32H. The third-order valence-electron chi connectivity index (χ3n) is 11.7. The van der Waals surface area contributed by atoms with Crippen molar-refractivity contribution in [2.24, 2.45) is 0 Å². The first-order chi connectivity index (χ1) is 26.8. The Morgan fingerprint density at radius 3 is 1.33 bits per heavy atom. The smallest absolute Gasteiger partial charge is 0.0541 e. The Hall–Kier alpha value is -7.16. The van der Waals surface area contributed by atoms with Crippen LogP contribution >= 0.6 is 0 Å². The Kier molecular flexibility index (Phi) is 6.09. The molecule has 11 aromatic rings. The monoisotopic (exact) mass is 684 g/mol. The van der Waals surface area contributed by atoms with Crippen molar-refractivity contribution >= 4 is 54.3 Å². The molecule has 54 heavy (non-hydrogen) atoms. The van der Waals surface area contributed by atoms with E-state index in [0.717, 1.165) is 5.69 Å². The molecule has 0 aliphatic heterocycles. The fourth-order valence-electron chi connectivity index (χ4n) is 9.37. The molecule has 0 saturated heterocycles. The molecule has 2 aromatic heterocycles. The zero-order chi connectivity index (χ0) is 35.3. The Bertz CT molecular complexity index is 3250. The van der Waals surface area contributed by atoms with E-state index in [0.29, 0.717) is 0 Å². The van der Waals surface area contributed by atoms with E-state index in [2.05, 4.69) is 203 Å². The van der Waals surface area contributed by atoms with Crippen LogP contribution in [-0.2, 0) is 0 Å². The number of hydrogen-bond donors (Lipinski definition) is 0. The lowest BCUT2D eigenvalue weighted by molar-refractivity contribution is 1.13. The van der Waals surface area contributed by atoms with Gasteiger partial charge in [0, 0.05) is 39.3 Å². The lowest BCUT2D eigenvalue weighted by Gasteiger charge is -2.19. The highest BCUT2D eigenvalue weighted by Gasteiger charge is 2.27. The van der Waals surface area contributed by atoms with Crippen molar-refractivity contribution in [3.8, 4) is 55.9 Å². The van der Waals surface area contributed by atoms with Gasteiger partial charge in [-0.2, -0.15) is 0 Å². The van der Waals surface area contributed by atoms with E-state index in [-0.39, 0.29) is 0 Å². The largest absolute Gasteiger partial charge is 0.316 e. The van der Waals surface area contributed by atoms with Gasteiger partial charge in [0.2, 0.25) is 0 Å². The van der Waals surface area contributed by atoms with Crippen molar-refractivity contribution in [1.82, 2.24) is 9.13 Å². The minimum absolute atomic E-state index is 1.15. The molecule has 9 aromatic carbocycles. The Morgan fingerprint density at radius 2 is 0.722 bits per heavy atom. The average molecular weight is 685 g/mol. The van der Waals surface area contributed by atoms with E-state index < -0.39 is 0 Å². The van der Waals surface area contributed by atoms with Crippen LogP contribution in [0.3, 0.4) is 0 Å². The van der Waals surface area contributed by atoms with Crippen LogP contribution in [0.2, 0.25) is 0 Å². The molecular weight excluding hydrogens is 653 g/mol. The van der Waals surface area contributed by atoms with Gasteiger partial charge in [-0.15, -0.1) is 0 Å². The predicted molar refractivity (Wildman–Crippen MR) is 228 cm³/mol. The number of benzene rings is 9. The van der Waals surface area contributed by atoms with Gasteiger partial charge in [-0.05, 0) is 103 Å². The highest BCUT2D eigenvalue weighted by atomic mass is 15.0. The maximum atomic E-state index is 2.38. The summed E-state index contributed by atoms with van der Waals surface area (Å²) in [5, 5.41) is 9.04. The molecule has 2 nitrogen and oxygen atoms in total. The Balaban J connectivity index is 0.996. The van der Waals surface area contributed by atoms with Gasteiger partial charge < -0.3 is 9.13 Å². The van der Waals surface area contributed by atoms with Gasteiger partial charge in [-0.25, -0.2) is 0 Å². The first-order valence-corrected chi connectivity index (χ1v) is 18.7. The third kappa shape index (κ3) is 4.05. The zero-order valence-corrected chi connectivity index (χ0v) is 29.4. The first-order valence-electron chi connectivity index (χ1n) is 18.7. The quantitative estimate of drug-likeness (QED) is 0.164. The predicted octanol–water partition coefficient (Wildman–Crippen LogP) is 14.0. The van der Waals surface area contributed by atoms with E-state index in [9.17, 15) is 0 Å². The summed E-state index contributed by atoms with van der Waals surface area (Å²) in [6.45, 7) is 0. The summed E-state index contributed by atoms with van der Waals surface area (Å²) < 4.78 is 4.76. The topological polar surface area (TPSA) is 9.86 Å². The summed E-state index contributed by atoms with van der Waals surface area (Å²) in [4.78, 5) is 0. The lowest BCUT2D eigenvalue weighted by atomic mass is 9.85. The molecule has 0 fully saturated rings. The minimum atomic E-state index is 1.15. The van der Waals surface area contributed by atoms with Gasteiger partial charge in [-0.1, -0.05) is 146 Å². The van der Waals surface area contributed by atoms with Crippen LogP contribution in [-0.4, -0.2) is 9.13 Å². The van der Waals surface area contributed by atoms with Gasteiger partial charge in [0.15, 0.2) is 0 Å². The normalized spacial score (nSPS) is 12.1. The molecule has 250 valence electrons. The van der Waals surface area contributed by atoms with Crippen molar-refractivity contribution in [3.05, 3.63) is 194 Å². The van der Waals surface area contributed by atoms with E-state index in [1.807, 2.05) is 0 Å². The Morgan fingerprint density at radius 1 is 0.278 bits per heavy atom. The molecular formula is C52H32N2. The summed E-state index contributed by atoms with van der Waals surface area (Å²) in [6.07, 6.45) is 2.36. The molecule has 0 atom stereocenters. The second kappa shape index (κ2) is 11.2. The minimum Gasteiger partial charge on any atom is -0.316 e. The summed E-state index contributed by atoms with van der Waals surface area (Å²) in [7, 11) is 0. The molecule has 2 heterocycles. The number of nitrogens with zero attached hydrogens (tertiary/aromatic N) is 2. The number of rotatable bonds is 3. The summed E-state index contributed by atoms with van der Waals surface area (Å²) in [5.74, 6) is 0. The van der Waals surface area contributed by atoms with Gasteiger partial charge in [0.05, 0.1) is 16.6 Å². The lowest BCUT2D eigenvalue weighted by Crippen LogP contribution is -1.95. The first kappa shape index (κ1) is 29.4. The van der Waals surface area contributed by atoms with Gasteiger partial charge in [0.1, 0.15) is 0 Å². The number of fused-ring (bicyclic) bond motifs is 13. The molecule has 0 N–H and O–H groups in total. The van der Waals surface area contributed by atoms with Gasteiger partial charge in [0.25, 0.3) is 0 Å². The average Bonchev–Trinajstić information content (AvgIpc) is 3.76. The van der Waals surface area contributed by atoms with Gasteiger partial charge in [-0.3, -0.25) is 0 Å². The van der Waals surface area contributed by atoms with E-state index in [1.165, 1.54) is 104 Å². The zero-order valence-electron chi connectivity index (χ0n) is 29.4. The van der Waals surface area contributed by atoms with Crippen LogP contribution in [0.25, 0.3) is 110 Å². The fraction of sp³-hybridized carbons (Fsp3) is 0. The van der Waals surface area contributed by atoms with Crippen LogP contribution in [0.15, 0.2) is 194 Å². The van der Waals surface area contributed by atoms with Crippen molar-refractivity contribution < 1.29 is 0 Å². The second-order valence-corrected chi connectivity index (χ2v) is 14.5. The van der Waals surface area contributed by atoms with Gasteiger partial charge >= 0.3 is 0 Å². The van der Waals surface area contributed by atoms with Crippen molar-refractivity contribution in [1.29, 1.82) is 0 Å². The van der Waals surface area contributed by atoms with E-state index in [1.54, 1.807) is 0 Å². The third-order valence-corrected chi connectivity index (χ3v) is 11.7. The van der Waals surface area contributed by atoms with Crippen LogP contribution in [0.5, 0.6) is 0 Å². The van der Waals surface area contributed by atoms with Crippen molar-refractivity contribution in [2.75, 3.05) is 0 Å². The van der Waals surface area contributed by atoms with Crippen LogP contribution in [0.4, 0.5) is 0 Å². The molecule has 2 heteroatoms. The maximum absolute atomic E-state index is 2.38. The molecule has 0 unspecified atom stereocenters. The van der Waals surface area contributed by atoms with Crippen molar-refractivity contribution in [2.45, 2.75) is 0 Å². The summed E-state index contributed by atoms with van der Waals surface area (Å²) in [5.41, 5.74) is 16.1. The molecule has 1 aliphatic rings. The molecule has 12 rings (SSSR count).